The van der Waals surface area contributed by atoms with Crippen LogP contribution in [0.3, 0.4) is 0 Å². The van der Waals surface area contributed by atoms with Crippen LogP contribution in [-0.2, 0) is 9.59 Å². The molecule has 0 unspecified atom stereocenters. The monoisotopic (exact) mass is 335 g/mol. The molecule has 0 aliphatic carbocycles. The molecule has 0 aromatic heterocycles. The zero-order valence-corrected chi connectivity index (χ0v) is 15.0. The maximum absolute atomic E-state index is 12.6. The Bertz CT molecular complexity index is 418. The van der Waals surface area contributed by atoms with Crippen molar-refractivity contribution in [2.24, 2.45) is 5.92 Å². The quantitative estimate of drug-likeness (QED) is 0.793. The summed E-state index contributed by atoms with van der Waals surface area (Å²) in [5, 5.41) is 0. The van der Waals surface area contributed by atoms with E-state index in [9.17, 15) is 9.59 Å². The molecule has 0 atom stereocenters. The van der Waals surface area contributed by atoms with Gasteiger partial charge in [0.1, 0.15) is 0 Å². The van der Waals surface area contributed by atoms with E-state index in [-0.39, 0.29) is 5.92 Å². The maximum atomic E-state index is 12.6. The number of hydrogen-bond donors (Lipinski definition) is 0. The van der Waals surface area contributed by atoms with Gasteiger partial charge in [0.2, 0.25) is 11.8 Å². The minimum atomic E-state index is 0.191. The first-order valence-corrected chi connectivity index (χ1v) is 10.0. The Kier molecular flexibility index (Phi) is 6.52. The highest BCUT2D eigenvalue weighted by molar-refractivity contribution is 5.80. The van der Waals surface area contributed by atoms with Crippen molar-refractivity contribution in [3.63, 3.8) is 0 Å². The molecular formula is C19H33N3O2. The lowest BCUT2D eigenvalue weighted by Gasteiger charge is -2.34. The van der Waals surface area contributed by atoms with E-state index in [0.29, 0.717) is 18.4 Å². The standard InChI is InChI=1S/C19H33N3O2/c23-18(21-10-4-2-1-3-5-11-21)16-20-14-8-17(9-15-20)19(24)22-12-6-7-13-22/h17H,1-16H2. The molecule has 3 rings (SSSR count). The summed E-state index contributed by atoms with van der Waals surface area (Å²) in [4.78, 5) is 31.4. The molecule has 0 radical (unpaired) electrons. The van der Waals surface area contributed by atoms with Crippen LogP contribution < -0.4 is 0 Å². The van der Waals surface area contributed by atoms with Crippen molar-refractivity contribution in [2.45, 2.75) is 57.8 Å². The van der Waals surface area contributed by atoms with Gasteiger partial charge >= 0.3 is 0 Å². The van der Waals surface area contributed by atoms with Crippen molar-refractivity contribution >= 4 is 11.8 Å². The third kappa shape index (κ3) is 4.71. The van der Waals surface area contributed by atoms with Gasteiger partial charge in [-0.2, -0.15) is 0 Å². The Hall–Kier alpha value is -1.10. The van der Waals surface area contributed by atoms with Crippen molar-refractivity contribution in [3.8, 4) is 0 Å². The van der Waals surface area contributed by atoms with Crippen LogP contribution in [0.2, 0.25) is 0 Å². The van der Waals surface area contributed by atoms with Gasteiger partial charge in [-0.05, 0) is 51.6 Å². The predicted molar refractivity (Wildman–Crippen MR) is 94.6 cm³/mol. The Morgan fingerprint density at radius 1 is 0.667 bits per heavy atom. The molecule has 3 saturated heterocycles. The molecule has 3 aliphatic heterocycles. The van der Waals surface area contributed by atoms with Crippen LogP contribution >= 0.6 is 0 Å². The Morgan fingerprint density at radius 2 is 1.17 bits per heavy atom. The summed E-state index contributed by atoms with van der Waals surface area (Å²) >= 11 is 0. The highest BCUT2D eigenvalue weighted by Gasteiger charge is 2.30. The lowest BCUT2D eigenvalue weighted by molar-refractivity contribution is -0.136. The summed E-state index contributed by atoms with van der Waals surface area (Å²) in [6.45, 7) is 6.10. The van der Waals surface area contributed by atoms with Gasteiger partial charge in [0.15, 0.2) is 0 Å². The maximum Gasteiger partial charge on any atom is 0.236 e. The van der Waals surface area contributed by atoms with Crippen molar-refractivity contribution in [1.82, 2.24) is 14.7 Å². The number of amides is 2. The summed E-state index contributed by atoms with van der Waals surface area (Å²) in [7, 11) is 0. The van der Waals surface area contributed by atoms with E-state index in [4.69, 9.17) is 0 Å². The minimum Gasteiger partial charge on any atom is -0.342 e. The van der Waals surface area contributed by atoms with E-state index >= 15 is 0 Å². The van der Waals surface area contributed by atoms with Gasteiger partial charge in [0, 0.05) is 32.1 Å². The molecule has 2 amide bonds. The Labute approximate surface area is 146 Å². The first kappa shape index (κ1) is 17.7. The van der Waals surface area contributed by atoms with E-state index in [1.807, 2.05) is 4.90 Å². The highest BCUT2D eigenvalue weighted by Crippen LogP contribution is 2.22. The Morgan fingerprint density at radius 3 is 1.79 bits per heavy atom. The predicted octanol–water partition coefficient (Wildman–Crippen LogP) is 2.11. The van der Waals surface area contributed by atoms with Gasteiger partial charge in [-0.3, -0.25) is 14.5 Å². The summed E-state index contributed by atoms with van der Waals surface area (Å²) in [6.07, 6.45) is 10.3. The molecule has 3 heterocycles. The van der Waals surface area contributed by atoms with Gasteiger partial charge in [-0.25, -0.2) is 0 Å². The summed E-state index contributed by atoms with van der Waals surface area (Å²) in [5.41, 5.74) is 0. The third-order valence-corrected chi connectivity index (χ3v) is 5.92. The number of nitrogens with zero attached hydrogens (tertiary/aromatic N) is 3. The average Bonchev–Trinajstić information content (AvgIpc) is 3.09. The Balaban J connectivity index is 1.41. The lowest BCUT2D eigenvalue weighted by Crippen LogP contribution is -2.46. The zero-order chi connectivity index (χ0) is 16.8. The molecule has 0 aromatic carbocycles. The topological polar surface area (TPSA) is 43.9 Å². The van der Waals surface area contributed by atoms with Crippen LogP contribution in [0, 0.1) is 5.92 Å². The van der Waals surface area contributed by atoms with Crippen LogP contribution in [0.25, 0.3) is 0 Å². The summed E-state index contributed by atoms with van der Waals surface area (Å²) < 4.78 is 0. The van der Waals surface area contributed by atoms with Crippen LogP contribution in [0.15, 0.2) is 0 Å². The largest absolute Gasteiger partial charge is 0.342 e. The second-order valence-electron chi connectivity index (χ2n) is 7.73. The highest BCUT2D eigenvalue weighted by atomic mass is 16.2. The SMILES string of the molecule is O=C(CN1CCC(C(=O)N2CCCC2)CC1)N1CCCCCCC1. The number of likely N-dealkylation sites (tertiary alicyclic amines) is 3. The molecule has 0 spiro atoms. The van der Waals surface area contributed by atoms with Gasteiger partial charge in [0.25, 0.3) is 0 Å². The molecule has 0 N–H and O–H groups in total. The molecular weight excluding hydrogens is 302 g/mol. The van der Waals surface area contributed by atoms with Crippen LogP contribution in [0.4, 0.5) is 0 Å². The fourth-order valence-electron chi connectivity index (χ4n) is 4.32. The fraction of sp³-hybridized carbons (Fsp3) is 0.895. The van der Waals surface area contributed by atoms with E-state index in [1.54, 1.807) is 0 Å². The van der Waals surface area contributed by atoms with Gasteiger partial charge in [-0.1, -0.05) is 19.3 Å². The van der Waals surface area contributed by atoms with Crippen molar-refractivity contribution in [1.29, 1.82) is 0 Å². The molecule has 136 valence electrons. The second kappa shape index (κ2) is 8.84. The van der Waals surface area contributed by atoms with Crippen molar-refractivity contribution < 1.29 is 9.59 Å². The number of carbonyl (C=O) groups excluding carboxylic acids is 2. The van der Waals surface area contributed by atoms with Crippen molar-refractivity contribution in [2.75, 3.05) is 45.8 Å². The molecule has 5 nitrogen and oxygen atoms in total. The molecule has 0 saturated carbocycles. The van der Waals surface area contributed by atoms with Gasteiger partial charge < -0.3 is 9.80 Å². The average molecular weight is 335 g/mol. The fourth-order valence-corrected chi connectivity index (χ4v) is 4.32. The molecule has 0 bridgehead atoms. The van der Waals surface area contributed by atoms with E-state index < -0.39 is 0 Å². The first-order valence-electron chi connectivity index (χ1n) is 10.0. The van der Waals surface area contributed by atoms with Crippen LogP contribution in [0.5, 0.6) is 0 Å². The van der Waals surface area contributed by atoms with E-state index in [2.05, 4.69) is 9.80 Å². The number of rotatable bonds is 3. The van der Waals surface area contributed by atoms with Gasteiger partial charge in [0.05, 0.1) is 6.54 Å². The van der Waals surface area contributed by atoms with E-state index in [0.717, 1.165) is 77.8 Å². The number of hydrogen-bond acceptors (Lipinski definition) is 3. The van der Waals surface area contributed by atoms with Crippen LogP contribution in [0.1, 0.15) is 57.8 Å². The van der Waals surface area contributed by atoms with Crippen LogP contribution in [-0.4, -0.2) is 72.3 Å². The molecule has 0 aromatic rings. The molecule has 3 aliphatic rings. The smallest absolute Gasteiger partial charge is 0.236 e. The third-order valence-electron chi connectivity index (χ3n) is 5.92. The second-order valence-corrected chi connectivity index (χ2v) is 7.73. The lowest BCUT2D eigenvalue weighted by atomic mass is 9.95. The normalized spacial score (nSPS) is 24.7. The minimum absolute atomic E-state index is 0.191. The summed E-state index contributed by atoms with van der Waals surface area (Å²) in [5.74, 6) is 0.847. The van der Waals surface area contributed by atoms with Gasteiger partial charge in [-0.15, -0.1) is 0 Å². The number of carbonyl (C=O) groups is 2. The number of piperidine rings is 1. The summed E-state index contributed by atoms with van der Waals surface area (Å²) in [6, 6.07) is 0. The molecule has 3 fully saturated rings. The molecule has 24 heavy (non-hydrogen) atoms. The van der Waals surface area contributed by atoms with Crippen molar-refractivity contribution in [3.05, 3.63) is 0 Å². The molecule has 5 heteroatoms. The zero-order valence-electron chi connectivity index (χ0n) is 15.0. The first-order chi connectivity index (χ1) is 11.7. The van der Waals surface area contributed by atoms with E-state index in [1.165, 1.54) is 19.3 Å².